The number of nitrogens with zero attached hydrogens (tertiary/aromatic N) is 2. The molecular weight excluding hydrogens is 439 g/mol. The number of imide groups is 1. The van der Waals surface area contributed by atoms with Gasteiger partial charge in [-0.25, -0.2) is 4.39 Å². The standard InChI is InChI=1S/C26H25FN2O3S/c1-16(2)28-25(30)24(33-26(28)31)14-20-13-17(3)29(18(20)4)22-9-11-23(12-10-22)32-15-19-5-7-21(27)8-6-19/h5-14,16H,15H2,1-4H3/b24-14+. The van der Waals surface area contributed by atoms with Crippen molar-refractivity contribution in [2.45, 2.75) is 40.3 Å². The molecule has 0 aliphatic carbocycles. The molecule has 0 unspecified atom stereocenters. The second kappa shape index (κ2) is 9.27. The fourth-order valence-corrected chi connectivity index (χ4v) is 4.79. The molecule has 4 rings (SSSR count). The van der Waals surface area contributed by atoms with E-state index in [4.69, 9.17) is 4.74 Å². The van der Waals surface area contributed by atoms with Crippen LogP contribution in [-0.4, -0.2) is 26.7 Å². The van der Waals surface area contributed by atoms with Crippen LogP contribution in [0.3, 0.4) is 0 Å². The van der Waals surface area contributed by atoms with Crippen molar-refractivity contribution in [2.75, 3.05) is 0 Å². The summed E-state index contributed by atoms with van der Waals surface area (Å²) in [5, 5.41) is -0.230. The number of aryl methyl sites for hydroxylation is 1. The molecule has 0 bridgehead atoms. The van der Waals surface area contributed by atoms with Crippen molar-refractivity contribution in [3.05, 3.63) is 87.8 Å². The quantitative estimate of drug-likeness (QED) is 0.404. The Morgan fingerprint density at radius 3 is 2.30 bits per heavy atom. The average Bonchev–Trinajstić information content (AvgIpc) is 3.22. The number of hydrogen-bond donors (Lipinski definition) is 0. The van der Waals surface area contributed by atoms with Crippen molar-refractivity contribution in [1.82, 2.24) is 9.47 Å². The highest BCUT2D eigenvalue weighted by Crippen LogP contribution is 2.35. The van der Waals surface area contributed by atoms with E-state index in [0.29, 0.717) is 17.3 Å². The second-order valence-electron chi connectivity index (χ2n) is 8.22. The van der Waals surface area contributed by atoms with Crippen LogP contribution in [0, 0.1) is 19.7 Å². The lowest BCUT2D eigenvalue weighted by Crippen LogP contribution is -2.34. The number of aromatic nitrogens is 1. The molecule has 0 atom stereocenters. The van der Waals surface area contributed by atoms with E-state index in [2.05, 4.69) is 4.57 Å². The lowest BCUT2D eigenvalue weighted by Gasteiger charge is -2.16. The van der Waals surface area contributed by atoms with Gasteiger partial charge in [0.15, 0.2) is 0 Å². The first-order valence-corrected chi connectivity index (χ1v) is 11.5. The maximum Gasteiger partial charge on any atom is 0.293 e. The zero-order chi connectivity index (χ0) is 23.7. The number of carbonyl (C=O) groups excluding carboxylic acids is 2. The number of benzene rings is 2. The van der Waals surface area contributed by atoms with Gasteiger partial charge in [-0.15, -0.1) is 0 Å². The molecule has 1 fully saturated rings. The number of carbonyl (C=O) groups is 2. The molecule has 0 spiro atoms. The predicted octanol–water partition coefficient (Wildman–Crippen LogP) is 6.26. The fraction of sp³-hybridized carbons (Fsp3) is 0.231. The first-order valence-electron chi connectivity index (χ1n) is 10.7. The largest absolute Gasteiger partial charge is 0.489 e. The third-order valence-corrected chi connectivity index (χ3v) is 6.39. The van der Waals surface area contributed by atoms with E-state index in [1.165, 1.54) is 17.0 Å². The molecule has 0 N–H and O–H groups in total. The van der Waals surface area contributed by atoms with Crippen molar-refractivity contribution >= 4 is 29.0 Å². The SMILES string of the molecule is Cc1cc(/C=C2/SC(=O)N(C(C)C)C2=O)c(C)n1-c1ccc(OCc2ccc(F)cc2)cc1. The molecule has 1 aromatic heterocycles. The lowest BCUT2D eigenvalue weighted by molar-refractivity contribution is -0.123. The minimum absolute atomic E-state index is 0.167. The van der Waals surface area contributed by atoms with Gasteiger partial charge in [0.1, 0.15) is 18.2 Å². The van der Waals surface area contributed by atoms with Crippen molar-refractivity contribution in [3.63, 3.8) is 0 Å². The van der Waals surface area contributed by atoms with Crippen LogP contribution < -0.4 is 4.74 Å². The molecule has 5 nitrogen and oxygen atoms in total. The molecule has 33 heavy (non-hydrogen) atoms. The Kier molecular flexibility index (Phi) is 6.42. The Morgan fingerprint density at radius 2 is 1.70 bits per heavy atom. The monoisotopic (exact) mass is 464 g/mol. The van der Waals surface area contributed by atoms with Crippen molar-refractivity contribution in [2.24, 2.45) is 0 Å². The molecule has 1 aliphatic heterocycles. The zero-order valence-corrected chi connectivity index (χ0v) is 19.8. The molecule has 2 heterocycles. The summed E-state index contributed by atoms with van der Waals surface area (Å²) in [6.45, 7) is 8.01. The fourth-order valence-electron chi connectivity index (χ4n) is 3.84. The summed E-state index contributed by atoms with van der Waals surface area (Å²) in [5.74, 6) is 0.205. The molecule has 0 radical (unpaired) electrons. The second-order valence-corrected chi connectivity index (χ2v) is 9.21. The number of hydrogen-bond acceptors (Lipinski definition) is 4. The summed E-state index contributed by atoms with van der Waals surface area (Å²) < 4.78 is 20.9. The smallest absolute Gasteiger partial charge is 0.293 e. The van der Waals surface area contributed by atoms with Gasteiger partial charge in [-0.1, -0.05) is 12.1 Å². The first kappa shape index (κ1) is 22.9. The molecule has 7 heteroatoms. The highest BCUT2D eigenvalue weighted by Gasteiger charge is 2.36. The Balaban J connectivity index is 1.53. The number of halogens is 1. The van der Waals surface area contributed by atoms with E-state index < -0.39 is 0 Å². The van der Waals surface area contributed by atoms with Gasteiger partial charge in [0.05, 0.1) is 4.91 Å². The van der Waals surface area contributed by atoms with Gasteiger partial charge in [0, 0.05) is 23.1 Å². The maximum absolute atomic E-state index is 13.0. The minimum Gasteiger partial charge on any atom is -0.489 e. The van der Waals surface area contributed by atoms with Crippen molar-refractivity contribution < 1.29 is 18.7 Å². The number of amides is 2. The molecule has 170 valence electrons. The summed E-state index contributed by atoms with van der Waals surface area (Å²) in [6, 6.07) is 15.8. The van der Waals surface area contributed by atoms with Gasteiger partial charge in [0.2, 0.25) is 0 Å². The van der Waals surface area contributed by atoms with Gasteiger partial charge in [-0.2, -0.15) is 0 Å². The highest BCUT2D eigenvalue weighted by atomic mass is 32.2. The van der Waals surface area contributed by atoms with Crippen LogP contribution in [-0.2, 0) is 11.4 Å². The van der Waals surface area contributed by atoms with Crippen LogP contribution in [0.4, 0.5) is 9.18 Å². The number of rotatable bonds is 6. The van der Waals surface area contributed by atoms with Gasteiger partial charge < -0.3 is 9.30 Å². The normalized spacial score (nSPS) is 15.2. The Hall–Kier alpha value is -3.32. The molecule has 0 saturated carbocycles. The van der Waals surface area contributed by atoms with Gasteiger partial charge in [-0.05, 0) is 99.1 Å². The van der Waals surface area contributed by atoms with Crippen molar-refractivity contribution in [1.29, 1.82) is 0 Å². The van der Waals surface area contributed by atoms with Crippen LogP contribution in [0.5, 0.6) is 5.75 Å². The summed E-state index contributed by atoms with van der Waals surface area (Å²) >= 11 is 0.983. The van der Waals surface area contributed by atoms with Crippen LogP contribution in [0.2, 0.25) is 0 Å². The molecule has 3 aromatic rings. The number of ether oxygens (including phenoxy) is 1. The van der Waals surface area contributed by atoms with E-state index in [0.717, 1.165) is 40.0 Å². The van der Waals surface area contributed by atoms with Gasteiger partial charge in [0.25, 0.3) is 11.1 Å². The van der Waals surface area contributed by atoms with E-state index in [9.17, 15) is 14.0 Å². The minimum atomic E-state index is -0.268. The molecule has 2 amide bonds. The van der Waals surface area contributed by atoms with E-state index in [1.54, 1.807) is 18.2 Å². The van der Waals surface area contributed by atoms with Crippen LogP contribution in [0.15, 0.2) is 59.5 Å². The van der Waals surface area contributed by atoms with E-state index in [1.807, 2.05) is 58.0 Å². The van der Waals surface area contributed by atoms with Crippen LogP contribution >= 0.6 is 11.8 Å². The summed E-state index contributed by atoms with van der Waals surface area (Å²) in [4.78, 5) is 26.6. The zero-order valence-electron chi connectivity index (χ0n) is 19.0. The maximum atomic E-state index is 13.0. The summed E-state index contributed by atoms with van der Waals surface area (Å²) in [7, 11) is 0. The van der Waals surface area contributed by atoms with Gasteiger partial charge in [-0.3, -0.25) is 14.5 Å². The third-order valence-electron chi connectivity index (χ3n) is 5.51. The molecule has 1 saturated heterocycles. The lowest BCUT2D eigenvalue weighted by atomic mass is 10.2. The Bertz CT molecular complexity index is 1230. The van der Waals surface area contributed by atoms with Crippen molar-refractivity contribution in [3.8, 4) is 11.4 Å². The molecule has 1 aliphatic rings. The topological polar surface area (TPSA) is 51.5 Å². The average molecular weight is 465 g/mol. The third kappa shape index (κ3) is 4.73. The van der Waals surface area contributed by atoms with Crippen LogP contribution in [0.1, 0.15) is 36.4 Å². The summed E-state index contributed by atoms with van der Waals surface area (Å²) in [5.41, 5.74) is 4.75. The summed E-state index contributed by atoms with van der Waals surface area (Å²) in [6.07, 6.45) is 1.80. The van der Waals surface area contributed by atoms with Gasteiger partial charge >= 0.3 is 0 Å². The van der Waals surface area contributed by atoms with E-state index in [-0.39, 0.29) is 23.0 Å². The highest BCUT2D eigenvalue weighted by molar-refractivity contribution is 8.18. The molecule has 2 aromatic carbocycles. The predicted molar refractivity (Wildman–Crippen MR) is 129 cm³/mol. The van der Waals surface area contributed by atoms with E-state index >= 15 is 0 Å². The number of thioether (sulfide) groups is 1. The molecular formula is C26H25FN2O3S. The van der Waals surface area contributed by atoms with Crippen LogP contribution in [0.25, 0.3) is 11.8 Å². The first-order chi connectivity index (χ1) is 15.7. The Labute approximate surface area is 196 Å². The Morgan fingerprint density at radius 1 is 1.03 bits per heavy atom.